The zero-order valence-electron chi connectivity index (χ0n) is 14.5. The van der Waals surface area contributed by atoms with E-state index in [4.69, 9.17) is 4.74 Å². The standard InChI is InChI=1S/C17H24N4O3/c1-4-21-15-11(3)24-10(2)7-12(15)14(19-21)16(23)20-8-17(9-20)6-5-13(22)18-17/h10-11H,4-9H2,1-3H3,(H,18,22)/t10-,11+/m1/s1. The number of aromatic nitrogens is 2. The van der Waals surface area contributed by atoms with Crippen LogP contribution in [0.2, 0.25) is 0 Å². The van der Waals surface area contributed by atoms with Crippen molar-refractivity contribution in [2.45, 2.75) is 64.3 Å². The average Bonchev–Trinajstić information content (AvgIpc) is 3.06. The Hall–Kier alpha value is -1.89. The van der Waals surface area contributed by atoms with E-state index in [-0.39, 0.29) is 29.6 Å². The van der Waals surface area contributed by atoms with Crippen molar-refractivity contribution in [1.82, 2.24) is 20.0 Å². The third kappa shape index (κ3) is 2.25. The molecule has 1 aromatic rings. The van der Waals surface area contributed by atoms with Crippen LogP contribution in [-0.4, -0.2) is 51.2 Å². The van der Waals surface area contributed by atoms with Crippen LogP contribution in [0.1, 0.15) is 61.5 Å². The fraction of sp³-hybridized carbons (Fsp3) is 0.706. The van der Waals surface area contributed by atoms with Gasteiger partial charge in [-0.25, -0.2) is 0 Å². The minimum Gasteiger partial charge on any atom is -0.369 e. The maximum Gasteiger partial charge on any atom is 0.274 e. The molecule has 2 atom stereocenters. The van der Waals surface area contributed by atoms with Gasteiger partial charge in [-0.3, -0.25) is 14.3 Å². The molecule has 2 saturated heterocycles. The molecule has 0 bridgehead atoms. The lowest BCUT2D eigenvalue weighted by molar-refractivity contribution is -0.120. The van der Waals surface area contributed by atoms with E-state index in [2.05, 4.69) is 10.4 Å². The number of amides is 2. The van der Waals surface area contributed by atoms with E-state index >= 15 is 0 Å². The van der Waals surface area contributed by atoms with E-state index in [0.29, 0.717) is 25.2 Å². The molecule has 0 unspecified atom stereocenters. The molecule has 1 N–H and O–H groups in total. The first-order valence-corrected chi connectivity index (χ1v) is 8.78. The minimum absolute atomic E-state index is 0.0217. The first-order chi connectivity index (χ1) is 11.4. The second-order valence-corrected chi connectivity index (χ2v) is 7.31. The van der Waals surface area contributed by atoms with Crippen molar-refractivity contribution < 1.29 is 14.3 Å². The molecule has 4 rings (SSSR count). The van der Waals surface area contributed by atoms with Crippen molar-refractivity contribution in [2.75, 3.05) is 13.1 Å². The van der Waals surface area contributed by atoms with Gasteiger partial charge in [0, 0.05) is 38.0 Å². The highest BCUT2D eigenvalue weighted by Crippen LogP contribution is 2.35. The highest BCUT2D eigenvalue weighted by Gasteiger charge is 2.50. The second-order valence-electron chi connectivity index (χ2n) is 7.31. The predicted octanol–water partition coefficient (Wildman–Crippen LogP) is 1.03. The van der Waals surface area contributed by atoms with Gasteiger partial charge in [-0.1, -0.05) is 0 Å². The topological polar surface area (TPSA) is 76.5 Å². The average molecular weight is 332 g/mol. The Bertz CT molecular complexity index is 705. The Balaban J connectivity index is 1.59. The van der Waals surface area contributed by atoms with Crippen molar-refractivity contribution in [3.8, 4) is 0 Å². The van der Waals surface area contributed by atoms with Gasteiger partial charge in [0.2, 0.25) is 5.91 Å². The van der Waals surface area contributed by atoms with Crippen LogP contribution < -0.4 is 5.32 Å². The van der Waals surface area contributed by atoms with Crippen molar-refractivity contribution in [2.24, 2.45) is 0 Å². The van der Waals surface area contributed by atoms with Crippen LogP contribution in [0.25, 0.3) is 0 Å². The number of carbonyl (C=O) groups excluding carboxylic acids is 2. The van der Waals surface area contributed by atoms with Gasteiger partial charge in [-0.05, 0) is 27.2 Å². The Kier molecular flexibility index (Phi) is 3.46. The number of ether oxygens (including phenoxy) is 1. The van der Waals surface area contributed by atoms with Crippen LogP contribution in [0.3, 0.4) is 0 Å². The summed E-state index contributed by atoms with van der Waals surface area (Å²) in [7, 11) is 0. The van der Waals surface area contributed by atoms with Gasteiger partial charge in [0.15, 0.2) is 5.69 Å². The number of nitrogens with zero attached hydrogens (tertiary/aromatic N) is 3. The van der Waals surface area contributed by atoms with Crippen molar-refractivity contribution >= 4 is 11.8 Å². The van der Waals surface area contributed by atoms with Gasteiger partial charge in [0.05, 0.1) is 23.4 Å². The van der Waals surface area contributed by atoms with Gasteiger partial charge >= 0.3 is 0 Å². The maximum atomic E-state index is 13.0. The summed E-state index contributed by atoms with van der Waals surface area (Å²) in [5.41, 5.74) is 2.44. The molecule has 0 aromatic carbocycles. The summed E-state index contributed by atoms with van der Waals surface area (Å²) in [6, 6.07) is 0. The number of aryl methyl sites for hydroxylation is 1. The van der Waals surface area contributed by atoms with E-state index < -0.39 is 0 Å². The molecule has 2 fully saturated rings. The van der Waals surface area contributed by atoms with Gasteiger partial charge < -0.3 is 15.0 Å². The highest BCUT2D eigenvalue weighted by molar-refractivity contribution is 5.95. The van der Waals surface area contributed by atoms with Crippen LogP contribution in [-0.2, 0) is 22.5 Å². The first kappa shape index (κ1) is 15.6. The molecule has 1 aromatic heterocycles. The van der Waals surface area contributed by atoms with Crippen molar-refractivity contribution in [3.63, 3.8) is 0 Å². The lowest BCUT2D eigenvalue weighted by atomic mass is 9.87. The predicted molar refractivity (Wildman–Crippen MR) is 86.6 cm³/mol. The third-order valence-electron chi connectivity index (χ3n) is 5.42. The number of rotatable bonds is 2. The Morgan fingerprint density at radius 2 is 2.17 bits per heavy atom. The molecule has 0 aliphatic carbocycles. The van der Waals surface area contributed by atoms with E-state index in [9.17, 15) is 9.59 Å². The molecular weight excluding hydrogens is 308 g/mol. The Morgan fingerprint density at radius 1 is 1.42 bits per heavy atom. The fourth-order valence-electron chi connectivity index (χ4n) is 4.32. The molecule has 0 radical (unpaired) electrons. The van der Waals surface area contributed by atoms with Crippen molar-refractivity contribution in [3.05, 3.63) is 17.0 Å². The second kappa shape index (κ2) is 5.31. The first-order valence-electron chi connectivity index (χ1n) is 8.78. The van der Waals surface area contributed by atoms with E-state index in [1.165, 1.54) is 0 Å². The molecule has 130 valence electrons. The van der Waals surface area contributed by atoms with Gasteiger partial charge in [-0.2, -0.15) is 5.10 Å². The summed E-state index contributed by atoms with van der Waals surface area (Å²) in [5.74, 6) is 0.0704. The smallest absolute Gasteiger partial charge is 0.274 e. The summed E-state index contributed by atoms with van der Waals surface area (Å²) >= 11 is 0. The number of carbonyl (C=O) groups is 2. The highest BCUT2D eigenvalue weighted by atomic mass is 16.5. The number of nitrogens with one attached hydrogen (secondary N) is 1. The van der Waals surface area contributed by atoms with Crippen molar-refractivity contribution in [1.29, 1.82) is 0 Å². The summed E-state index contributed by atoms with van der Waals surface area (Å²) in [6.45, 7) is 7.98. The van der Waals surface area contributed by atoms with E-state index in [1.807, 2.05) is 25.5 Å². The normalized spacial score (nSPS) is 27.8. The molecule has 2 amide bonds. The lowest BCUT2D eigenvalue weighted by Crippen LogP contribution is -2.68. The van der Waals surface area contributed by atoms with Crippen LogP contribution in [0, 0.1) is 0 Å². The zero-order chi connectivity index (χ0) is 17.1. The van der Waals surface area contributed by atoms with Crippen LogP contribution in [0.5, 0.6) is 0 Å². The Morgan fingerprint density at radius 3 is 2.79 bits per heavy atom. The molecule has 4 heterocycles. The number of hydrogen-bond acceptors (Lipinski definition) is 4. The molecule has 1 spiro atoms. The maximum absolute atomic E-state index is 13.0. The zero-order valence-corrected chi connectivity index (χ0v) is 14.5. The van der Waals surface area contributed by atoms with Crippen LogP contribution in [0.4, 0.5) is 0 Å². The quantitative estimate of drug-likeness (QED) is 0.878. The van der Waals surface area contributed by atoms with Crippen LogP contribution in [0.15, 0.2) is 0 Å². The fourth-order valence-corrected chi connectivity index (χ4v) is 4.32. The molecule has 24 heavy (non-hydrogen) atoms. The van der Waals surface area contributed by atoms with E-state index in [1.54, 1.807) is 4.90 Å². The summed E-state index contributed by atoms with van der Waals surface area (Å²) in [5, 5.41) is 7.60. The molecule has 3 aliphatic rings. The van der Waals surface area contributed by atoms with Crippen LogP contribution >= 0.6 is 0 Å². The van der Waals surface area contributed by atoms with Gasteiger partial charge in [0.25, 0.3) is 5.91 Å². The third-order valence-corrected chi connectivity index (χ3v) is 5.42. The summed E-state index contributed by atoms with van der Waals surface area (Å²) < 4.78 is 7.80. The lowest BCUT2D eigenvalue weighted by Gasteiger charge is -2.47. The Labute approximate surface area is 141 Å². The molecule has 3 aliphatic heterocycles. The number of likely N-dealkylation sites (tertiary alicyclic amines) is 1. The number of fused-ring (bicyclic) bond motifs is 1. The molecule has 7 nitrogen and oxygen atoms in total. The SMILES string of the molecule is CCn1nc(C(=O)N2CC3(CCC(=O)N3)C2)c2c1[C@H](C)O[C@H](C)C2. The molecule has 0 saturated carbocycles. The summed E-state index contributed by atoms with van der Waals surface area (Å²) in [6.07, 6.45) is 2.14. The van der Waals surface area contributed by atoms with Gasteiger partial charge in [-0.15, -0.1) is 0 Å². The number of hydrogen-bond donors (Lipinski definition) is 1. The van der Waals surface area contributed by atoms with E-state index in [0.717, 1.165) is 30.6 Å². The monoisotopic (exact) mass is 332 g/mol. The minimum atomic E-state index is -0.191. The summed E-state index contributed by atoms with van der Waals surface area (Å²) in [4.78, 5) is 26.2. The molecular formula is C17H24N4O3. The molecule has 7 heteroatoms. The largest absolute Gasteiger partial charge is 0.369 e. The van der Waals surface area contributed by atoms with Gasteiger partial charge in [0.1, 0.15) is 0 Å².